The summed E-state index contributed by atoms with van der Waals surface area (Å²) < 4.78 is 11.4. The van der Waals surface area contributed by atoms with Crippen LogP contribution in [0.1, 0.15) is 50.9 Å². The van der Waals surface area contributed by atoms with E-state index >= 15 is 0 Å². The molecule has 1 aliphatic heterocycles. The molecule has 168 valence electrons. The van der Waals surface area contributed by atoms with Crippen molar-refractivity contribution in [1.29, 1.82) is 0 Å². The van der Waals surface area contributed by atoms with Crippen LogP contribution in [0.25, 0.3) is 0 Å². The van der Waals surface area contributed by atoms with Gasteiger partial charge < -0.3 is 19.3 Å². The molecule has 0 aliphatic carbocycles. The van der Waals surface area contributed by atoms with Gasteiger partial charge in [-0.1, -0.05) is 6.92 Å². The fourth-order valence-corrected chi connectivity index (χ4v) is 3.62. The summed E-state index contributed by atoms with van der Waals surface area (Å²) in [5, 5.41) is 0. The molecule has 0 aromatic heterocycles. The first-order valence-electron chi connectivity index (χ1n) is 11.2. The van der Waals surface area contributed by atoms with Gasteiger partial charge in [0.15, 0.2) is 11.5 Å². The molecule has 1 fully saturated rings. The number of ether oxygens (including phenoxy) is 2. The third kappa shape index (κ3) is 6.62. The molecule has 1 aliphatic rings. The normalized spacial score (nSPS) is 14.9. The monoisotopic (exact) mass is 419 g/mol. The minimum Gasteiger partial charge on any atom is -0.490 e. The van der Waals surface area contributed by atoms with Crippen LogP contribution in [0.15, 0.2) is 18.2 Å². The van der Waals surface area contributed by atoms with Crippen LogP contribution in [0.4, 0.5) is 0 Å². The van der Waals surface area contributed by atoms with E-state index in [1.807, 2.05) is 42.7 Å². The lowest BCUT2D eigenvalue weighted by Crippen LogP contribution is -2.42. The highest BCUT2D eigenvalue weighted by Crippen LogP contribution is 2.29. The predicted molar refractivity (Wildman–Crippen MR) is 118 cm³/mol. The molecule has 2 rings (SSSR count). The smallest absolute Gasteiger partial charge is 0.254 e. The summed E-state index contributed by atoms with van der Waals surface area (Å²) >= 11 is 0. The first kappa shape index (κ1) is 24.0. The van der Waals surface area contributed by atoms with Gasteiger partial charge in [0.25, 0.3) is 5.91 Å². The molecule has 0 bridgehead atoms. The number of benzene rings is 1. The molecule has 1 aromatic carbocycles. The van der Waals surface area contributed by atoms with Gasteiger partial charge in [-0.05, 0) is 51.8 Å². The predicted octanol–water partition coefficient (Wildman–Crippen LogP) is 2.89. The quantitative estimate of drug-likeness (QED) is 0.584. The molecule has 0 radical (unpaired) electrons. The molecule has 1 saturated heterocycles. The molecule has 30 heavy (non-hydrogen) atoms. The van der Waals surface area contributed by atoms with Crippen molar-refractivity contribution < 1.29 is 19.1 Å². The average Bonchev–Trinajstić information content (AvgIpc) is 2.99. The lowest BCUT2D eigenvalue weighted by molar-refractivity contribution is -0.132. The van der Waals surface area contributed by atoms with Crippen LogP contribution in [-0.4, -0.2) is 85.5 Å². The highest BCUT2D eigenvalue weighted by molar-refractivity contribution is 5.95. The first-order valence-corrected chi connectivity index (χ1v) is 11.2. The maximum Gasteiger partial charge on any atom is 0.254 e. The minimum absolute atomic E-state index is 0.00471. The molecule has 1 aromatic rings. The van der Waals surface area contributed by atoms with Gasteiger partial charge in [-0.2, -0.15) is 0 Å². The molecule has 0 N–H and O–H groups in total. The summed E-state index contributed by atoms with van der Waals surface area (Å²) in [5.74, 6) is 1.43. The van der Waals surface area contributed by atoms with Crippen LogP contribution in [0.3, 0.4) is 0 Å². The molecule has 7 heteroatoms. The van der Waals surface area contributed by atoms with Gasteiger partial charge in [-0.3, -0.25) is 14.5 Å². The van der Waals surface area contributed by atoms with E-state index in [1.165, 1.54) is 0 Å². The molecule has 0 saturated carbocycles. The minimum atomic E-state index is -0.00471. The summed E-state index contributed by atoms with van der Waals surface area (Å²) in [5.41, 5.74) is 0.606. The van der Waals surface area contributed by atoms with Crippen LogP contribution in [0.5, 0.6) is 11.5 Å². The maximum absolute atomic E-state index is 13.1. The van der Waals surface area contributed by atoms with Gasteiger partial charge in [0.05, 0.1) is 19.8 Å². The lowest BCUT2D eigenvalue weighted by atomic mass is 10.1. The van der Waals surface area contributed by atoms with Gasteiger partial charge in [-0.15, -0.1) is 0 Å². The van der Waals surface area contributed by atoms with Crippen molar-refractivity contribution in [1.82, 2.24) is 14.7 Å². The van der Waals surface area contributed by atoms with Gasteiger partial charge >= 0.3 is 0 Å². The van der Waals surface area contributed by atoms with Crippen molar-refractivity contribution in [2.75, 3.05) is 59.0 Å². The Hall–Kier alpha value is -2.28. The number of amides is 2. The number of hydrogen-bond acceptors (Lipinski definition) is 5. The second kappa shape index (κ2) is 12.4. The van der Waals surface area contributed by atoms with E-state index in [-0.39, 0.29) is 11.8 Å². The van der Waals surface area contributed by atoms with Crippen LogP contribution in [0.2, 0.25) is 0 Å². The summed E-state index contributed by atoms with van der Waals surface area (Å²) in [6.45, 7) is 13.8. The number of hydrogen-bond donors (Lipinski definition) is 0. The van der Waals surface area contributed by atoms with Gasteiger partial charge in [0, 0.05) is 44.8 Å². The Morgan fingerprint density at radius 1 is 0.967 bits per heavy atom. The summed E-state index contributed by atoms with van der Waals surface area (Å²) in [6, 6.07) is 5.41. The summed E-state index contributed by atoms with van der Waals surface area (Å²) in [7, 11) is 0. The molecule has 0 spiro atoms. The third-order valence-electron chi connectivity index (χ3n) is 5.30. The van der Waals surface area contributed by atoms with E-state index in [1.54, 1.807) is 6.07 Å². The molecule has 0 unspecified atom stereocenters. The molecule has 7 nitrogen and oxygen atoms in total. The second-order valence-electron chi connectivity index (χ2n) is 7.43. The standard InChI is InChI=1S/C23H37N3O4/c1-5-16-30-20-11-10-19(17-21(20)29-8-4)23(28)26-13-9-12-24(14-15-26)18-22(27)25(6-2)7-3/h10-11,17H,5-9,12-16,18H2,1-4H3. The van der Waals surface area contributed by atoms with Crippen molar-refractivity contribution in [2.24, 2.45) is 0 Å². The van der Waals surface area contributed by atoms with Crippen molar-refractivity contribution in [3.05, 3.63) is 23.8 Å². The number of carbonyl (C=O) groups is 2. The topological polar surface area (TPSA) is 62.3 Å². The van der Waals surface area contributed by atoms with Gasteiger partial charge in [0.2, 0.25) is 5.91 Å². The fraction of sp³-hybridized carbons (Fsp3) is 0.652. The van der Waals surface area contributed by atoms with Crippen LogP contribution in [0, 0.1) is 0 Å². The number of nitrogens with zero attached hydrogens (tertiary/aromatic N) is 3. The molecule has 1 heterocycles. The van der Waals surface area contributed by atoms with Crippen LogP contribution < -0.4 is 9.47 Å². The third-order valence-corrected chi connectivity index (χ3v) is 5.30. The largest absolute Gasteiger partial charge is 0.490 e. The molecule has 2 amide bonds. The summed E-state index contributed by atoms with van der Waals surface area (Å²) in [6.07, 6.45) is 1.76. The maximum atomic E-state index is 13.1. The Bertz CT molecular complexity index is 691. The van der Waals surface area contributed by atoms with Crippen molar-refractivity contribution in [2.45, 2.75) is 40.5 Å². The van der Waals surface area contributed by atoms with E-state index < -0.39 is 0 Å². The zero-order chi connectivity index (χ0) is 21.9. The van der Waals surface area contributed by atoms with Crippen molar-refractivity contribution in [3.63, 3.8) is 0 Å². The molecule has 0 atom stereocenters. The fourth-order valence-electron chi connectivity index (χ4n) is 3.62. The van der Waals surface area contributed by atoms with Crippen molar-refractivity contribution >= 4 is 11.8 Å². The SMILES string of the molecule is CCCOc1ccc(C(=O)N2CCCN(CC(=O)N(CC)CC)CC2)cc1OCC. The zero-order valence-corrected chi connectivity index (χ0v) is 19.0. The number of likely N-dealkylation sites (N-methyl/N-ethyl adjacent to an activating group) is 1. The first-order chi connectivity index (χ1) is 14.5. The average molecular weight is 420 g/mol. The Balaban J connectivity index is 2.01. The van der Waals surface area contributed by atoms with E-state index in [2.05, 4.69) is 11.8 Å². The highest BCUT2D eigenvalue weighted by atomic mass is 16.5. The van der Waals surface area contributed by atoms with Crippen molar-refractivity contribution in [3.8, 4) is 11.5 Å². The van der Waals surface area contributed by atoms with Crippen LogP contribution >= 0.6 is 0 Å². The number of carbonyl (C=O) groups excluding carboxylic acids is 2. The van der Waals surface area contributed by atoms with E-state index in [0.29, 0.717) is 56.5 Å². The second-order valence-corrected chi connectivity index (χ2v) is 7.43. The van der Waals surface area contributed by atoms with E-state index in [4.69, 9.17) is 9.47 Å². The van der Waals surface area contributed by atoms with Crippen LogP contribution in [-0.2, 0) is 4.79 Å². The number of rotatable bonds is 10. The lowest BCUT2D eigenvalue weighted by Gasteiger charge is -2.25. The Kier molecular flexibility index (Phi) is 9.94. The zero-order valence-electron chi connectivity index (χ0n) is 19.0. The van der Waals surface area contributed by atoms with Gasteiger partial charge in [0.1, 0.15) is 0 Å². The Labute approximate surface area is 180 Å². The van der Waals surface area contributed by atoms with E-state index in [0.717, 1.165) is 32.5 Å². The Morgan fingerprint density at radius 3 is 2.40 bits per heavy atom. The van der Waals surface area contributed by atoms with E-state index in [9.17, 15) is 9.59 Å². The summed E-state index contributed by atoms with van der Waals surface area (Å²) in [4.78, 5) is 31.4. The Morgan fingerprint density at radius 2 is 1.73 bits per heavy atom. The molecular weight excluding hydrogens is 382 g/mol. The highest BCUT2D eigenvalue weighted by Gasteiger charge is 2.23. The molecular formula is C23H37N3O4. The van der Waals surface area contributed by atoms with Gasteiger partial charge in [-0.25, -0.2) is 0 Å².